The van der Waals surface area contributed by atoms with E-state index in [1.54, 1.807) is 0 Å². The van der Waals surface area contributed by atoms with Gasteiger partial charge in [-0.2, -0.15) is 0 Å². The van der Waals surface area contributed by atoms with Crippen molar-refractivity contribution in [2.24, 2.45) is 0 Å². The van der Waals surface area contributed by atoms with Crippen molar-refractivity contribution in [3.8, 4) is 0 Å². The zero-order valence-electron chi connectivity index (χ0n) is 47.3. The molecule has 1 unspecified atom stereocenters. The van der Waals surface area contributed by atoms with E-state index in [2.05, 4.69) is 179 Å². The number of esters is 3. The van der Waals surface area contributed by atoms with Crippen LogP contribution in [0.15, 0.2) is 158 Å². The van der Waals surface area contributed by atoms with Crippen LogP contribution in [0, 0.1) is 0 Å². The summed E-state index contributed by atoms with van der Waals surface area (Å²) in [6.07, 6.45) is 88.1. The van der Waals surface area contributed by atoms with Gasteiger partial charge >= 0.3 is 17.9 Å². The summed E-state index contributed by atoms with van der Waals surface area (Å²) in [6.45, 7) is 6.30. The number of allylic oxidation sites excluding steroid dienone is 26. The Labute approximate surface area is 454 Å². The molecule has 0 aliphatic rings. The molecule has 0 N–H and O–H groups in total. The SMILES string of the molecule is CC/C=C\C/C=C\C/C=C\C/C=C\C/C=C\C/C=C\C/C=C\C/C=C\CCCCC(=O)OCC(COC(=O)CCCCC/C=C\C/C=C\C/C=C\CC)OC(=O)CCCCCCC/C=C\C/C=C\CCCCCC. The van der Waals surface area contributed by atoms with E-state index in [4.69, 9.17) is 14.2 Å². The molecule has 74 heavy (non-hydrogen) atoms. The molecule has 0 radical (unpaired) electrons. The van der Waals surface area contributed by atoms with Gasteiger partial charge in [0.15, 0.2) is 6.10 Å². The molecule has 0 fully saturated rings. The molecular formula is C68H106O6. The second kappa shape index (κ2) is 60.6. The minimum atomic E-state index is -0.824. The summed E-state index contributed by atoms with van der Waals surface area (Å²) in [7, 11) is 0. The summed E-state index contributed by atoms with van der Waals surface area (Å²) in [5, 5.41) is 0. The van der Waals surface area contributed by atoms with Gasteiger partial charge in [-0.3, -0.25) is 14.4 Å². The van der Waals surface area contributed by atoms with Crippen molar-refractivity contribution in [3.63, 3.8) is 0 Å². The Morgan fingerprint density at radius 3 is 0.865 bits per heavy atom. The lowest BCUT2D eigenvalue weighted by molar-refractivity contribution is -0.167. The number of carbonyl (C=O) groups excluding carboxylic acids is 3. The van der Waals surface area contributed by atoms with Crippen LogP contribution in [0.2, 0.25) is 0 Å². The normalized spacial score (nSPS) is 13.3. The van der Waals surface area contributed by atoms with Gasteiger partial charge in [-0.25, -0.2) is 0 Å². The summed E-state index contributed by atoms with van der Waals surface area (Å²) < 4.78 is 16.8. The average molecular weight is 1020 g/mol. The van der Waals surface area contributed by atoms with Crippen molar-refractivity contribution in [2.75, 3.05) is 13.2 Å². The van der Waals surface area contributed by atoms with E-state index in [1.165, 1.54) is 32.1 Å². The smallest absolute Gasteiger partial charge is 0.306 e. The lowest BCUT2D eigenvalue weighted by Crippen LogP contribution is -2.30. The minimum absolute atomic E-state index is 0.120. The fraction of sp³-hybridized carbons (Fsp3) is 0.574. The third-order valence-corrected chi connectivity index (χ3v) is 11.7. The van der Waals surface area contributed by atoms with Crippen LogP contribution in [0.3, 0.4) is 0 Å². The zero-order chi connectivity index (χ0) is 53.6. The molecule has 0 rings (SSSR count). The number of unbranched alkanes of at least 4 members (excludes halogenated alkanes) is 14. The summed E-state index contributed by atoms with van der Waals surface area (Å²) in [5.41, 5.74) is 0. The fourth-order valence-electron chi connectivity index (χ4n) is 7.38. The highest BCUT2D eigenvalue weighted by Crippen LogP contribution is 2.12. The van der Waals surface area contributed by atoms with Crippen LogP contribution < -0.4 is 0 Å². The first-order chi connectivity index (χ1) is 36.5. The first kappa shape index (κ1) is 69.0. The average Bonchev–Trinajstić information content (AvgIpc) is 3.40. The quantitative estimate of drug-likeness (QED) is 0.0261. The van der Waals surface area contributed by atoms with E-state index < -0.39 is 6.10 Å². The van der Waals surface area contributed by atoms with Gasteiger partial charge in [-0.1, -0.05) is 224 Å². The van der Waals surface area contributed by atoms with E-state index in [1.807, 2.05) is 0 Å². The number of carbonyl (C=O) groups is 3. The Morgan fingerprint density at radius 2 is 0.527 bits per heavy atom. The van der Waals surface area contributed by atoms with Crippen LogP contribution in [0.4, 0.5) is 0 Å². The molecule has 414 valence electrons. The Morgan fingerprint density at radius 1 is 0.284 bits per heavy atom. The maximum Gasteiger partial charge on any atom is 0.306 e. The zero-order valence-corrected chi connectivity index (χ0v) is 47.3. The van der Waals surface area contributed by atoms with Crippen LogP contribution in [0.1, 0.15) is 233 Å². The lowest BCUT2D eigenvalue weighted by Gasteiger charge is -2.18. The topological polar surface area (TPSA) is 78.9 Å². The maximum atomic E-state index is 12.9. The van der Waals surface area contributed by atoms with Gasteiger partial charge in [0.05, 0.1) is 0 Å². The van der Waals surface area contributed by atoms with Gasteiger partial charge in [0.25, 0.3) is 0 Å². The van der Waals surface area contributed by atoms with Crippen LogP contribution in [-0.2, 0) is 28.6 Å². The monoisotopic (exact) mass is 1020 g/mol. The first-order valence-corrected chi connectivity index (χ1v) is 29.5. The third-order valence-electron chi connectivity index (χ3n) is 11.7. The molecule has 1 atom stereocenters. The van der Waals surface area contributed by atoms with Crippen molar-refractivity contribution in [2.45, 2.75) is 239 Å². The third kappa shape index (κ3) is 57.9. The van der Waals surface area contributed by atoms with E-state index in [9.17, 15) is 14.4 Å². The van der Waals surface area contributed by atoms with Crippen LogP contribution in [0.5, 0.6) is 0 Å². The molecule has 0 aliphatic heterocycles. The molecule has 0 amide bonds. The number of ether oxygens (including phenoxy) is 3. The van der Waals surface area contributed by atoms with Crippen molar-refractivity contribution in [1.82, 2.24) is 0 Å². The Balaban J connectivity index is 4.49. The molecule has 0 heterocycles. The van der Waals surface area contributed by atoms with Gasteiger partial charge in [0.1, 0.15) is 13.2 Å². The van der Waals surface area contributed by atoms with Crippen LogP contribution in [-0.4, -0.2) is 37.2 Å². The molecule has 6 heteroatoms. The molecule has 0 aliphatic carbocycles. The molecule has 0 aromatic heterocycles. The lowest BCUT2D eigenvalue weighted by atomic mass is 10.1. The predicted molar refractivity (Wildman–Crippen MR) is 320 cm³/mol. The molecule has 6 nitrogen and oxygen atoms in total. The second-order valence-electron chi connectivity index (χ2n) is 18.8. The molecule has 0 bridgehead atoms. The van der Waals surface area contributed by atoms with Crippen molar-refractivity contribution >= 4 is 17.9 Å². The van der Waals surface area contributed by atoms with E-state index >= 15 is 0 Å². The van der Waals surface area contributed by atoms with Gasteiger partial charge in [-0.05, 0) is 148 Å². The highest BCUT2D eigenvalue weighted by atomic mass is 16.6. The number of rotatable bonds is 51. The molecule has 0 aromatic carbocycles. The van der Waals surface area contributed by atoms with Crippen LogP contribution in [0.25, 0.3) is 0 Å². The van der Waals surface area contributed by atoms with Crippen molar-refractivity contribution < 1.29 is 28.6 Å². The maximum absolute atomic E-state index is 12.9. The molecule has 0 spiro atoms. The van der Waals surface area contributed by atoms with E-state index in [0.29, 0.717) is 12.8 Å². The second-order valence-corrected chi connectivity index (χ2v) is 18.8. The Bertz CT molecular complexity index is 1690. The van der Waals surface area contributed by atoms with E-state index in [0.717, 1.165) is 154 Å². The highest BCUT2D eigenvalue weighted by Gasteiger charge is 2.19. The molecule has 0 saturated carbocycles. The number of hydrogen-bond acceptors (Lipinski definition) is 6. The predicted octanol–water partition coefficient (Wildman–Crippen LogP) is 20.1. The minimum Gasteiger partial charge on any atom is -0.462 e. The summed E-state index contributed by atoms with van der Waals surface area (Å²) in [5.74, 6) is -1.01. The summed E-state index contributed by atoms with van der Waals surface area (Å²) in [6, 6.07) is 0. The van der Waals surface area contributed by atoms with Crippen molar-refractivity contribution in [3.05, 3.63) is 158 Å². The van der Waals surface area contributed by atoms with Crippen molar-refractivity contribution in [1.29, 1.82) is 0 Å². The molecule has 0 aromatic rings. The van der Waals surface area contributed by atoms with E-state index in [-0.39, 0.29) is 44.0 Å². The van der Waals surface area contributed by atoms with Gasteiger partial charge in [0.2, 0.25) is 0 Å². The number of hydrogen-bond donors (Lipinski definition) is 0. The van der Waals surface area contributed by atoms with Gasteiger partial charge in [0, 0.05) is 19.3 Å². The first-order valence-electron chi connectivity index (χ1n) is 29.5. The largest absolute Gasteiger partial charge is 0.462 e. The Hall–Kier alpha value is -4.97. The molecular weight excluding hydrogens is 913 g/mol. The summed E-state index contributed by atoms with van der Waals surface area (Å²) >= 11 is 0. The van der Waals surface area contributed by atoms with Gasteiger partial charge in [-0.15, -0.1) is 0 Å². The Kier molecular flexibility index (Phi) is 56.5. The van der Waals surface area contributed by atoms with Crippen LogP contribution >= 0.6 is 0 Å². The standard InChI is InChI=1S/C68H106O6/c1-4-7-10-13-16-19-22-25-27-29-30-31-32-33-34-35-36-37-38-39-41-43-46-49-52-55-58-61-67(70)73-64-65(63-72-66(69)60-57-54-51-48-45-42-24-21-18-15-12-9-6-3)74-68(71)62-59-56-53-50-47-44-40-28-26-23-20-17-14-11-8-5-2/h7,9-10,12,16,18-21,23,25,27-28,30-31,33-34,36-37,39-42,45-46,49,65H,4-6,8,11,13-15,17,22,24,26,29,32,35,38,43-44,47-48,50-64H2,1-3H3/b10-7-,12-9-,19-16-,21-18-,23-20-,27-25-,31-30-,34-33-,37-36-,40-28-,41-39-,45-42-,49-46-. The summed E-state index contributed by atoms with van der Waals surface area (Å²) in [4.78, 5) is 38.1. The van der Waals surface area contributed by atoms with Gasteiger partial charge < -0.3 is 14.2 Å². The molecule has 0 saturated heterocycles. The highest BCUT2D eigenvalue weighted by molar-refractivity contribution is 5.71. The fourth-order valence-corrected chi connectivity index (χ4v) is 7.38.